The molecule has 0 spiro atoms. The summed E-state index contributed by atoms with van der Waals surface area (Å²) in [4.78, 5) is 13.6. The van der Waals surface area contributed by atoms with Crippen molar-refractivity contribution in [3.05, 3.63) is 201 Å². The van der Waals surface area contributed by atoms with Crippen molar-refractivity contribution in [3.63, 3.8) is 0 Å². The quantitative estimate of drug-likeness (QED) is 0.163. The van der Waals surface area contributed by atoms with E-state index in [4.69, 9.17) is 0 Å². The fraction of sp³-hybridized carbons (Fsp3) is 0. The molecule has 51 heavy (non-hydrogen) atoms. The van der Waals surface area contributed by atoms with E-state index in [-0.39, 0.29) is 0 Å². The predicted octanol–water partition coefficient (Wildman–Crippen LogP) is 12.2. The van der Waals surface area contributed by atoms with E-state index in [9.17, 15) is 0 Å². The smallest absolute Gasteiger partial charge is 0.0644 e. The van der Waals surface area contributed by atoms with E-state index >= 15 is 0 Å². The molecule has 242 valence electrons. The number of pyridine rings is 2. The van der Waals surface area contributed by atoms with Gasteiger partial charge < -0.3 is 14.4 Å². The molecule has 5 nitrogen and oxygen atoms in total. The van der Waals surface area contributed by atoms with E-state index in [1.807, 2.05) is 49.1 Å². The van der Waals surface area contributed by atoms with Gasteiger partial charge in [-0.1, -0.05) is 84.9 Å². The minimum absolute atomic E-state index is 0.971. The molecule has 0 bridgehead atoms. The third kappa shape index (κ3) is 5.67. The lowest BCUT2D eigenvalue weighted by atomic mass is 10.0. The number of fused-ring (bicyclic) bond motifs is 3. The third-order valence-electron chi connectivity index (χ3n) is 9.28. The van der Waals surface area contributed by atoms with Crippen LogP contribution in [0.25, 0.3) is 38.6 Å². The molecule has 0 aliphatic rings. The first-order chi connectivity index (χ1) is 25.3. The standard InChI is InChI=1S/C46H33N5/c1-4-14-36(15-5-1)49(39-20-12-26-47-32-39)41-28-35(29-42(31-41)50(37-16-6-2-7-17-37)40-21-13-27-48-33-40)34-24-25-44-43-22-10-11-23-45(43)51(46(44)30-34)38-18-8-3-9-19-38/h1-33H. The molecule has 6 aromatic carbocycles. The highest BCUT2D eigenvalue weighted by molar-refractivity contribution is 6.10. The maximum absolute atomic E-state index is 4.52. The molecular formula is C46H33N5. The Kier molecular flexibility index (Phi) is 7.76. The van der Waals surface area contributed by atoms with Crippen molar-refractivity contribution in [1.82, 2.24) is 14.5 Å². The van der Waals surface area contributed by atoms with Crippen LogP contribution in [0.15, 0.2) is 201 Å². The molecule has 0 aliphatic heterocycles. The first kappa shape index (κ1) is 30.1. The van der Waals surface area contributed by atoms with E-state index < -0.39 is 0 Å². The molecule has 0 atom stereocenters. The summed E-state index contributed by atoms with van der Waals surface area (Å²) >= 11 is 0. The first-order valence-electron chi connectivity index (χ1n) is 17.1. The summed E-state index contributed by atoms with van der Waals surface area (Å²) < 4.78 is 2.37. The van der Waals surface area contributed by atoms with Gasteiger partial charge in [0.25, 0.3) is 0 Å². The molecule has 9 aromatic rings. The summed E-state index contributed by atoms with van der Waals surface area (Å²) in [5.41, 5.74) is 11.7. The van der Waals surface area contributed by atoms with E-state index in [0.717, 1.165) is 56.5 Å². The lowest BCUT2D eigenvalue weighted by Gasteiger charge is -2.30. The van der Waals surface area contributed by atoms with Gasteiger partial charge >= 0.3 is 0 Å². The predicted molar refractivity (Wildman–Crippen MR) is 211 cm³/mol. The average molecular weight is 656 g/mol. The van der Waals surface area contributed by atoms with Crippen LogP contribution in [-0.2, 0) is 0 Å². The topological polar surface area (TPSA) is 37.2 Å². The Hall–Kier alpha value is -6.98. The number of nitrogens with zero attached hydrogens (tertiary/aromatic N) is 5. The van der Waals surface area contributed by atoms with Crippen LogP contribution in [0.4, 0.5) is 34.1 Å². The summed E-state index contributed by atoms with van der Waals surface area (Å²) in [6.45, 7) is 0. The first-order valence-corrected chi connectivity index (χ1v) is 17.1. The van der Waals surface area contributed by atoms with Gasteiger partial charge in [-0.25, -0.2) is 0 Å². The SMILES string of the molecule is c1ccc(N(c2cccnc2)c2cc(-c3ccc4c5ccccc5n(-c5ccccc5)c4c3)cc(N(c3ccccc3)c3cccnc3)c2)cc1. The zero-order valence-corrected chi connectivity index (χ0v) is 27.8. The van der Waals surface area contributed by atoms with Gasteiger partial charge in [0.15, 0.2) is 0 Å². The molecule has 0 aliphatic carbocycles. The van der Waals surface area contributed by atoms with Crippen molar-refractivity contribution in [3.8, 4) is 16.8 Å². The fourth-order valence-electron chi connectivity index (χ4n) is 7.05. The molecule has 0 radical (unpaired) electrons. The number of hydrogen-bond acceptors (Lipinski definition) is 4. The van der Waals surface area contributed by atoms with Gasteiger partial charge in [-0.2, -0.15) is 0 Å². The number of rotatable bonds is 8. The van der Waals surface area contributed by atoms with Crippen LogP contribution in [0.3, 0.4) is 0 Å². The second kappa shape index (κ2) is 13.1. The maximum atomic E-state index is 4.52. The summed E-state index contributed by atoms with van der Waals surface area (Å²) in [6.07, 6.45) is 7.46. The number of aromatic nitrogens is 3. The van der Waals surface area contributed by atoms with Crippen molar-refractivity contribution >= 4 is 55.9 Å². The van der Waals surface area contributed by atoms with Gasteiger partial charge in [0.05, 0.1) is 34.8 Å². The van der Waals surface area contributed by atoms with Gasteiger partial charge in [-0.15, -0.1) is 0 Å². The van der Waals surface area contributed by atoms with Crippen LogP contribution in [-0.4, -0.2) is 14.5 Å². The highest BCUT2D eigenvalue weighted by Crippen LogP contribution is 2.43. The number of benzene rings is 6. The van der Waals surface area contributed by atoms with Gasteiger partial charge in [-0.3, -0.25) is 9.97 Å². The zero-order chi connectivity index (χ0) is 34.0. The van der Waals surface area contributed by atoms with Gasteiger partial charge in [0.2, 0.25) is 0 Å². The van der Waals surface area contributed by atoms with Gasteiger partial charge in [-0.05, 0) is 102 Å². The zero-order valence-electron chi connectivity index (χ0n) is 27.8. The monoisotopic (exact) mass is 655 g/mol. The number of anilines is 6. The number of hydrogen-bond donors (Lipinski definition) is 0. The van der Waals surface area contributed by atoms with Crippen LogP contribution in [0, 0.1) is 0 Å². The van der Waals surface area contributed by atoms with Crippen LogP contribution in [0.2, 0.25) is 0 Å². The van der Waals surface area contributed by atoms with Crippen molar-refractivity contribution in [1.29, 1.82) is 0 Å². The Morgan fingerprint density at radius 3 is 1.43 bits per heavy atom. The average Bonchev–Trinajstić information content (AvgIpc) is 3.54. The lowest BCUT2D eigenvalue weighted by Crippen LogP contribution is -2.13. The van der Waals surface area contributed by atoms with Crippen molar-refractivity contribution in [2.75, 3.05) is 9.80 Å². The van der Waals surface area contributed by atoms with E-state index in [1.54, 1.807) is 0 Å². The Morgan fingerprint density at radius 2 is 0.863 bits per heavy atom. The van der Waals surface area contributed by atoms with Crippen LogP contribution in [0.1, 0.15) is 0 Å². The molecular weight excluding hydrogens is 623 g/mol. The highest BCUT2D eigenvalue weighted by Gasteiger charge is 2.20. The Morgan fingerprint density at radius 1 is 0.353 bits per heavy atom. The largest absolute Gasteiger partial charge is 0.309 e. The maximum Gasteiger partial charge on any atom is 0.0644 e. The molecule has 3 heterocycles. The third-order valence-corrected chi connectivity index (χ3v) is 9.28. The second-order valence-corrected chi connectivity index (χ2v) is 12.4. The minimum Gasteiger partial charge on any atom is -0.309 e. The molecule has 0 N–H and O–H groups in total. The van der Waals surface area contributed by atoms with Gasteiger partial charge in [0.1, 0.15) is 0 Å². The summed E-state index contributed by atoms with van der Waals surface area (Å²) in [6, 6.07) is 62.1. The summed E-state index contributed by atoms with van der Waals surface area (Å²) in [5, 5.41) is 2.45. The van der Waals surface area contributed by atoms with Crippen molar-refractivity contribution in [2.45, 2.75) is 0 Å². The van der Waals surface area contributed by atoms with Gasteiger partial charge in [0, 0.05) is 51.6 Å². The minimum atomic E-state index is 0.971. The van der Waals surface area contributed by atoms with Crippen LogP contribution < -0.4 is 9.80 Å². The van der Waals surface area contributed by atoms with Crippen LogP contribution in [0.5, 0.6) is 0 Å². The second-order valence-electron chi connectivity index (χ2n) is 12.4. The molecule has 0 saturated carbocycles. The molecule has 0 saturated heterocycles. The molecule has 3 aromatic heterocycles. The molecule has 0 unspecified atom stereocenters. The Labute approximate surface area is 297 Å². The normalized spacial score (nSPS) is 11.1. The van der Waals surface area contributed by atoms with E-state index in [2.05, 4.69) is 176 Å². The molecule has 0 fully saturated rings. The Balaban J connectivity index is 1.32. The fourth-order valence-corrected chi connectivity index (χ4v) is 7.05. The van der Waals surface area contributed by atoms with Crippen LogP contribution >= 0.6 is 0 Å². The molecule has 0 amide bonds. The Bertz CT molecular complexity index is 2390. The highest BCUT2D eigenvalue weighted by atomic mass is 15.2. The summed E-state index contributed by atoms with van der Waals surface area (Å²) in [7, 11) is 0. The van der Waals surface area contributed by atoms with Crippen molar-refractivity contribution in [2.24, 2.45) is 0 Å². The van der Waals surface area contributed by atoms with Crippen molar-refractivity contribution < 1.29 is 0 Å². The summed E-state index contributed by atoms with van der Waals surface area (Å²) in [5.74, 6) is 0. The van der Waals surface area contributed by atoms with E-state index in [0.29, 0.717) is 0 Å². The molecule has 5 heteroatoms. The van der Waals surface area contributed by atoms with E-state index in [1.165, 1.54) is 16.3 Å². The molecule has 9 rings (SSSR count). The number of para-hydroxylation sites is 4. The lowest BCUT2D eigenvalue weighted by molar-refractivity contribution is 1.18.